The summed E-state index contributed by atoms with van der Waals surface area (Å²) in [6, 6.07) is 9.08. The van der Waals surface area contributed by atoms with E-state index in [1.165, 1.54) is 11.1 Å². The van der Waals surface area contributed by atoms with Gasteiger partial charge in [0.05, 0.1) is 11.3 Å². The van der Waals surface area contributed by atoms with E-state index in [1.54, 1.807) is 6.92 Å². The van der Waals surface area contributed by atoms with E-state index >= 15 is 0 Å². The lowest BCUT2D eigenvalue weighted by atomic mass is 9.95. The number of nitrogens with zero attached hydrogens (tertiary/aromatic N) is 4. The molecule has 0 saturated carbocycles. The molecule has 40 heavy (non-hydrogen) atoms. The van der Waals surface area contributed by atoms with Crippen LogP contribution < -0.4 is 20.1 Å². The summed E-state index contributed by atoms with van der Waals surface area (Å²) in [5, 5.41) is 0.468. The summed E-state index contributed by atoms with van der Waals surface area (Å²) in [6.07, 6.45) is 7.60. The van der Waals surface area contributed by atoms with E-state index in [2.05, 4.69) is 51.8 Å². The number of amides is 1. The number of halogens is 1. The van der Waals surface area contributed by atoms with Crippen LogP contribution in [-0.2, 0) is 13.0 Å². The van der Waals surface area contributed by atoms with Crippen LogP contribution in [0, 0.1) is 20.8 Å². The predicted molar refractivity (Wildman–Crippen MR) is 157 cm³/mol. The van der Waals surface area contributed by atoms with Crippen molar-refractivity contribution in [2.45, 2.75) is 72.0 Å². The maximum atomic E-state index is 12.0. The van der Waals surface area contributed by atoms with E-state index in [-0.39, 0.29) is 6.79 Å². The highest BCUT2D eigenvalue weighted by Gasteiger charge is 2.29. The minimum absolute atomic E-state index is 0.268. The molecule has 1 aromatic carbocycles. The second kappa shape index (κ2) is 12.0. The Kier molecular flexibility index (Phi) is 8.47. The van der Waals surface area contributed by atoms with E-state index in [9.17, 15) is 4.79 Å². The van der Waals surface area contributed by atoms with Crippen molar-refractivity contribution >= 4 is 23.2 Å². The Morgan fingerprint density at radius 3 is 2.65 bits per heavy atom. The number of primary amides is 1. The molecule has 8 nitrogen and oxygen atoms in total. The smallest absolute Gasteiger partial charge is 0.250 e. The van der Waals surface area contributed by atoms with Crippen LogP contribution in [0.2, 0.25) is 5.15 Å². The number of hydrogen-bond donors (Lipinski definition) is 1. The Morgan fingerprint density at radius 2 is 1.93 bits per heavy atom. The van der Waals surface area contributed by atoms with Crippen molar-refractivity contribution in [2.75, 3.05) is 24.8 Å². The van der Waals surface area contributed by atoms with Crippen LogP contribution in [-0.4, -0.2) is 52.7 Å². The minimum atomic E-state index is -0.455. The van der Waals surface area contributed by atoms with Crippen LogP contribution in [0.3, 0.4) is 0 Å². The number of nitrogens with two attached hydrogens (primary N) is 1. The molecule has 9 heteroatoms. The Labute approximate surface area is 241 Å². The Hall–Kier alpha value is -3.36. The van der Waals surface area contributed by atoms with Crippen molar-refractivity contribution in [3.8, 4) is 11.5 Å². The van der Waals surface area contributed by atoms with Gasteiger partial charge in [-0.25, -0.2) is 4.98 Å². The van der Waals surface area contributed by atoms with Gasteiger partial charge >= 0.3 is 0 Å². The minimum Gasteiger partial charge on any atom is -0.454 e. The first-order chi connectivity index (χ1) is 19.2. The highest BCUT2D eigenvalue weighted by Crippen LogP contribution is 2.38. The Bertz CT molecular complexity index is 1390. The van der Waals surface area contributed by atoms with E-state index in [0.717, 1.165) is 73.6 Å². The molecular weight excluding hydrogens is 526 g/mol. The highest BCUT2D eigenvalue weighted by molar-refractivity contribution is 6.30. The molecule has 212 valence electrons. The van der Waals surface area contributed by atoms with Crippen LogP contribution in [0.15, 0.2) is 36.7 Å². The van der Waals surface area contributed by atoms with Gasteiger partial charge in [-0.1, -0.05) is 11.6 Å². The summed E-state index contributed by atoms with van der Waals surface area (Å²) in [5.41, 5.74) is 12.1. The largest absolute Gasteiger partial charge is 0.454 e. The van der Waals surface area contributed by atoms with E-state index in [4.69, 9.17) is 26.8 Å². The average Bonchev–Trinajstić information content (AvgIpc) is 3.40. The quantitative estimate of drug-likeness (QED) is 0.349. The Balaban J connectivity index is 1.27. The molecule has 0 aliphatic carbocycles. The molecule has 1 fully saturated rings. The van der Waals surface area contributed by atoms with Gasteiger partial charge in [0, 0.05) is 55.9 Å². The molecule has 2 aliphatic rings. The maximum absolute atomic E-state index is 12.0. The molecule has 0 unspecified atom stereocenters. The number of aryl methyl sites for hydroxylation is 2. The molecule has 1 saturated heterocycles. The number of piperidine rings is 1. The van der Waals surface area contributed by atoms with Gasteiger partial charge in [0.1, 0.15) is 5.15 Å². The van der Waals surface area contributed by atoms with Gasteiger partial charge in [-0.15, -0.1) is 0 Å². The molecule has 1 atom stereocenters. The first kappa shape index (κ1) is 28.2. The number of benzene rings is 1. The molecule has 1 amide bonds. The SMILES string of the molecule is Cc1ccncc1CN(c1ccc2c(c1)OCO2)C1CCN([C@H](C)CCc2c(Cl)nc(C)c(C(N)=O)c2C)CC1. The monoisotopic (exact) mass is 563 g/mol. The van der Waals surface area contributed by atoms with Gasteiger partial charge in [0.25, 0.3) is 5.91 Å². The number of hydrogen-bond acceptors (Lipinski definition) is 7. The van der Waals surface area contributed by atoms with Gasteiger partial charge in [0.15, 0.2) is 11.5 Å². The topological polar surface area (TPSA) is 93.8 Å². The number of carbonyl (C=O) groups is 1. The lowest BCUT2D eigenvalue weighted by molar-refractivity contribution is 0.0998. The zero-order valence-electron chi connectivity index (χ0n) is 23.7. The average molecular weight is 564 g/mol. The molecule has 2 aliphatic heterocycles. The van der Waals surface area contributed by atoms with Gasteiger partial charge in [-0.3, -0.25) is 9.78 Å². The number of pyridine rings is 2. The molecule has 4 heterocycles. The molecule has 5 rings (SSSR count). The standard InChI is InChI=1S/C31H38ClN5O3/c1-19-9-12-34-16-23(19)17-37(25-6-8-27-28(15-25)40-18-39-27)24-10-13-36(14-11-24)20(2)5-7-26-21(3)29(31(33)38)22(4)35-30(26)32/h6,8-9,12,15-16,20,24H,5,7,10-11,13-14,17-18H2,1-4H3,(H2,33,38)/t20-/m1/s1. The van der Waals surface area contributed by atoms with Crippen molar-refractivity contribution < 1.29 is 14.3 Å². The fraction of sp³-hybridized carbons (Fsp3) is 0.452. The fourth-order valence-corrected chi connectivity index (χ4v) is 6.38. The molecular formula is C31H38ClN5O3. The van der Waals surface area contributed by atoms with E-state index in [1.807, 2.05) is 25.4 Å². The molecule has 2 aromatic heterocycles. The lowest BCUT2D eigenvalue weighted by Crippen LogP contribution is -2.47. The van der Waals surface area contributed by atoms with Crippen LogP contribution >= 0.6 is 11.6 Å². The lowest BCUT2D eigenvalue weighted by Gasteiger charge is -2.42. The number of ether oxygens (including phenoxy) is 2. The number of aromatic nitrogens is 2. The van der Waals surface area contributed by atoms with Crippen molar-refractivity contribution in [1.29, 1.82) is 0 Å². The third kappa shape index (κ3) is 5.88. The summed E-state index contributed by atoms with van der Waals surface area (Å²) in [5.74, 6) is 1.14. The fourth-order valence-electron chi connectivity index (χ4n) is 6.02. The van der Waals surface area contributed by atoms with Crippen molar-refractivity contribution in [2.24, 2.45) is 5.73 Å². The van der Waals surface area contributed by atoms with Gasteiger partial charge in [0.2, 0.25) is 6.79 Å². The van der Waals surface area contributed by atoms with E-state index < -0.39 is 5.91 Å². The molecule has 2 N–H and O–H groups in total. The van der Waals surface area contributed by atoms with Crippen LogP contribution in [0.4, 0.5) is 5.69 Å². The summed E-state index contributed by atoms with van der Waals surface area (Å²) < 4.78 is 11.3. The third-order valence-corrected chi connectivity index (χ3v) is 8.81. The first-order valence-electron chi connectivity index (χ1n) is 14.0. The zero-order valence-corrected chi connectivity index (χ0v) is 24.5. The van der Waals surface area contributed by atoms with Gasteiger partial charge in [-0.2, -0.15) is 0 Å². The number of likely N-dealkylation sites (tertiary alicyclic amines) is 1. The zero-order chi connectivity index (χ0) is 28.4. The molecule has 0 spiro atoms. The molecule has 3 aromatic rings. The predicted octanol–water partition coefficient (Wildman–Crippen LogP) is 5.38. The molecule has 0 bridgehead atoms. The van der Waals surface area contributed by atoms with Gasteiger partial charge < -0.3 is 25.0 Å². The molecule has 0 radical (unpaired) electrons. The van der Waals surface area contributed by atoms with Crippen LogP contribution in [0.1, 0.15) is 64.5 Å². The number of carbonyl (C=O) groups excluding carboxylic acids is 1. The maximum Gasteiger partial charge on any atom is 0.250 e. The summed E-state index contributed by atoms with van der Waals surface area (Å²) in [4.78, 5) is 25.8. The second-order valence-corrected chi connectivity index (χ2v) is 11.3. The van der Waals surface area contributed by atoms with Crippen LogP contribution in [0.5, 0.6) is 11.5 Å². The summed E-state index contributed by atoms with van der Waals surface area (Å²) in [7, 11) is 0. The van der Waals surface area contributed by atoms with Crippen molar-refractivity contribution in [3.63, 3.8) is 0 Å². The van der Waals surface area contributed by atoms with E-state index in [0.29, 0.717) is 28.5 Å². The number of anilines is 1. The van der Waals surface area contributed by atoms with Gasteiger partial charge in [-0.05, 0) is 93.8 Å². The van der Waals surface area contributed by atoms with Crippen molar-refractivity contribution in [3.05, 3.63) is 75.3 Å². The first-order valence-corrected chi connectivity index (χ1v) is 14.4. The number of rotatable bonds is 9. The highest BCUT2D eigenvalue weighted by atomic mass is 35.5. The van der Waals surface area contributed by atoms with Crippen LogP contribution in [0.25, 0.3) is 0 Å². The normalized spacial score (nSPS) is 16.2. The second-order valence-electron chi connectivity index (χ2n) is 11.0. The summed E-state index contributed by atoms with van der Waals surface area (Å²) >= 11 is 6.50. The number of fused-ring (bicyclic) bond motifs is 1. The third-order valence-electron chi connectivity index (χ3n) is 8.50. The summed E-state index contributed by atoms with van der Waals surface area (Å²) in [6.45, 7) is 11.2. The Morgan fingerprint density at radius 1 is 1.18 bits per heavy atom. The van der Waals surface area contributed by atoms with Crippen molar-refractivity contribution in [1.82, 2.24) is 14.9 Å².